The Balaban J connectivity index is 1.37. The number of nitrogens with zero attached hydrogens (tertiary/aromatic N) is 2. The summed E-state index contributed by atoms with van der Waals surface area (Å²) in [5.74, 6) is -1.03. The highest BCUT2D eigenvalue weighted by Crippen LogP contribution is 2.58. The van der Waals surface area contributed by atoms with Gasteiger partial charge in [0.2, 0.25) is 5.91 Å². The van der Waals surface area contributed by atoms with Crippen molar-refractivity contribution in [2.75, 3.05) is 10.3 Å². The number of aliphatic hydroxyl groups excluding tert-OH is 1. The van der Waals surface area contributed by atoms with Gasteiger partial charge in [0.05, 0.1) is 29.4 Å². The van der Waals surface area contributed by atoms with Crippen molar-refractivity contribution in [1.82, 2.24) is 5.01 Å². The maximum atomic E-state index is 14.7. The first kappa shape index (κ1) is 23.1. The predicted molar refractivity (Wildman–Crippen MR) is 135 cm³/mol. The van der Waals surface area contributed by atoms with Gasteiger partial charge < -0.3 is 10.5 Å². The lowest BCUT2D eigenvalue weighted by molar-refractivity contribution is -0.123. The number of benzene rings is 2. The van der Waals surface area contributed by atoms with Gasteiger partial charge in [0.1, 0.15) is 11.9 Å². The molecule has 5 aliphatic rings. The van der Waals surface area contributed by atoms with E-state index in [2.05, 4.69) is 25.3 Å². The molecule has 2 aromatic carbocycles. The van der Waals surface area contributed by atoms with Crippen molar-refractivity contribution in [1.29, 1.82) is 0 Å². The van der Waals surface area contributed by atoms with E-state index in [0.717, 1.165) is 18.4 Å². The maximum Gasteiger partial charge on any atom is 0.254 e. The molecule has 36 heavy (non-hydrogen) atoms. The van der Waals surface area contributed by atoms with E-state index in [1.165, 1.54) is 11.0 Å². The molecule has 2 heterocycles. The van der Waals surface area contributed by atoms with Crippen LogP contribution in [0.2, 0.25) is 0 Å². The van der Waals surface area contributed by atoms with Crippen molar-refractivity contribution in [3.63, 3.8) is 0 Å². The first-order valence-corrected chi connectivity index (χ1v) is 12.6. The molecule has 6 atom stereocenters. The summed E-state index contributed by atoms with van der Waals surface area (Å²) in [6, 6.07) is 13.5. The molecule has 2 N–H and O–H groups in total. The van der Waals surface area contributed by atoms with Gasteiger partial charge >= 0.3 is 0 Å². The fourth-order valence-corrected chi connectivity index (χ4v) is 6.33. The van der Waals surface area contributed by atoms with Crippen LogP contribution in [0.4, 0.5) is 15.8 Å². The molecule has 0 radical (unpaired) electrons. The molecule has 0 spiro atoms. The zero-order valence-corrected chi connectivity index (χ0v) is 20.3. The van der Waals surface area contributed by atoms with E-state index in [1.807, 2.05) is 6.07 Å². The molecule has 7 heteroatoms. The number of hydrogen-bond donors (Lipinski definition) is 2. The Kier molecular flexibility index (Phi) is 5.39. The minimum atomic E-state index is -0.919. The average molecular weight is 488 g/mol. The van der Waals surface area contributed by atoms with Crippen LogP contribution in [0.1, 0.15) is 26.7 Å². The molecule has 2 fully saturated rings. The molecular formula is C29H30FN3O3. The zero-order valence-electron chi connectivity index (χ0n) is 20.3. The summed E-state index contributed by atoms with van der Waals surface area (Å²) in [5.41, 5.74) is 4.93. The number of allylic oxidation sites excluding steroid dienone is 1. The number of imide groups is 1. The summed E-state index contributed by atoms with van der Waals surface area (Å²) >= 11 is 0. The average Bonchev–Trinajstić information content (AvgIpc) is 3.15. The van der Waals surface area contributed by atoms with Crippen molar-refractivity contribution in [2.24, 2.45) is 23.2 Å². The number of carbonyl (C=O) groups is 2. The van der Waals surface area contributed by atoms with Crippen molar-refractivity contribution in [3.05, 3.63) is 84.2 Å². The van der Waals surface area contributed by atoms with Crippen LogP contribution in [0.25, 0.3) is 0 Å². The number of halogens is 1. The van der Waals surface area contributed by atoms with Crippen LogP contribution in [0.15, 0.2) is 78.4 Å². The highest BCUT2D eigenvalue weighted by atomic mass is 19.1. The molecule has 0 aromatic heterocycles. The summed E-state index contributed by atoms with van der Waals surface area (Å²) in [4.78, 5) is 28.3. The first-order valence-electron chi connectivity index (χ1n) is 12.6. The number of hydrogen-bond acceptors (Lipinski definition) is 5. The van der Waals surface area contributed by atoms with Crippen molar-refractivity contribution < 1.29 is 19.1 Å². The Hall–Kier alpha value is -3.29. The summed E-state index contributed by atoms with van der Waals surface area (Å²) < 4.78 is 14.7. The Labute approximate surface area is 210 Å². The lowest BCUT2D eigenvalue weighted by Crippen LogP contribution is -2.58. The van der Waals surface area contributed by atoms with E-state index in [0.29, 0.717) is 17.5 Å². The number of nitrogens with one attached hydrogen (secondary N) is 1. The van der Waals surface area contributed by atoms with Gasteiger partial charge in [0.25, 0.3) is 5.91 Å². The van der Waals surface area contributed by atoms with Crippen LogP contribution in [0, 0.1) is 29.0 Å². The van der Waals surface area contributed by atoms with E-state index in [-0.39, 0.29) is 17.0 Å². The molecule has 2 bridgehead atoms. The van der Waals surface area contributed by atoms with E-state index in [4.69, 9.17) is 0 Å². The second-order valence-electron chi connectivity index (χ2n) is 10.9. The number of anilines is 2. The maximum absolute atomic E-state index is 14.7. The quantitative estimate of drug-likeness (QED) is 0.486. The Bertz CT molecular complexity index is 1270. The molecule has 6 nitrogen and oxygen atoms in total. The molecule has 186 valence electrons. The molecule has 2 aromatic rings. The summed E-state index contributed by atoms with van der Waals surface area (Å²) in [6.07, 6.45) is 6.73. The third kappa shape index (κ3) is 3.44. The van der Waals surface area contributed by atoms with E-state index in [1.54, 1.807) is 59.6 Å². The largest absolute Gasteiger partial charge is 0.387 e. The molecule has 3 aliphatic carbocycles. The standard InChI is InChI=1S/C29H30FN3O3/c1-29(2)18-14-17(15-19(29)16-18)26(34)24-13-12-21-25(33(24)31-23-11-7-6-10-22(23)30)28(36)32(27(21)35)20-8-4-3-5-9-20/h3-14,18-19,21,24-26,31,34H,15-16H2,1-2H3/t18-,19-,21?,24?,25?,26?/m1/s1. The Morgan fingerprint density at radius 1 is 1.03 bits per heavy atom. The number of aliphatic hydroxyl groups is 1. The molecule has 1 saturated heterocycles. The first-order chi connectivity index (χ1) is 17.3. The van der Waals surface area contributed by atoms with Gasteiger partial charge in [-0.15, -0.1) is 0 Å². The SMILES string of the molecule is CC1(C)[C@@H]2CC(C(O)C3C=CC4C(=O)N(c5ccccc5)C(=O)C4N3Nc3ccccc3F)=C[C@@H]1C2. The molecule has 1 saturated carbocycles. The third-order valence-electron chi connectivity index (χ3n) is 8.74. The van der Waals surface area contributed by atoms with Gasteiger partial charge in [-0.1, -0.05) is 62.4 Å². The van der Waals surface area contributed by atoms with Gasteiger partial charge in [-0.3, -0.25) is 9.59 Å². The van der Waals surface area contributed by atoms with Gasteiger partial charge in [0, 0.05) is 0 Å². The third-order valence-corrected chi connectivity index (χ3v) is 8.74. The predicted octanol–water partition coefficient (Wildman–Crippen LogP) is 4.30. The number of carbonyl (C=O) groups excluding carboxylic acids is 2. The lowest BCUT2D eigenvalue weighted by atomic mass is 9.49. The van der Waals surface area contributed by atoms with Gasteiger partial charge in [-0.05, 0) is 59.9 Å². The minimum absolute atomic E-state index is 0.184. The number of amides is 2. The number of para-hydroxylation sites is 2. The van der Waals surface area contributed by atoms with E-state index < -0.39 is 35.8 Å². The summed E-state index contributed by atoms with van der Waals surface area (Å²) in [6.45, 7) is 4.53. The van der Waals surface area contributed by atoms with Crippen LogP contribution in [-0.4, -0.2) is 40.1 Å². The van der Waals surface area contributed by atoms with Crippen molar-refractivity contribution in [2.45, 2.75) is 44.9 Å². The van der Waals surface area contributed by atoms with Crippen LogP contribution in [0.3, 0.4) is 0 Å². The summed E-state index contributed by atoms with van der Waals surface area (Å²) in [5, 5.41) is 13.2. The molecule has 4 unspecified atom stereocenters. The minimum Gasteiger partial charge on any atom is -0.387 e. The highest BCUT2D eigenvalue weighted by molar-refractivity contribution is 6.24. The summed E-state index contributed by atoms with van der Waals surface area (Å²) in [7, 11) is 0. The fourth-order valence-electron chi connectivity index (χ4n) is 6.33. The molecule has 2 amide bonds. The van der Waals surface area contributed by atoms with Gasteiger partial charge in [-0.25, -0.2) is 14.3 Å². The molecule has 7 rings (SSSR count). The second-order valence-corrected chi connectivity index (χ2v) is 10.9. The highest BCUT2D eigenvalue weighted by Gasteiger charge is 2.55. The topological polar surface area (TPSA) is 72.9 Å². The molecule has 2 aliphatic heterocycles. The van der Waals surface area contributed by atoms with Gasteiger partial charge in [0.15, 0.2) is 0 Å². The monoisotopic (exact) mass is 487 g/mol. The normalized spacial score (nSPS) is 31.5. The van der Waals surface area contributed by atoms with Crippen molar-refractivity contribution in [3.8, 4) is 0 Å². The van der Waals surface area contributed by atoms with Crippen LogP contribution >= 0.6 is 0 Å². The van der Waals surface area contributed by atoms with Crippen molar-refractivity contribution >= 4 is 23.2 Å². The van der Waals surface area contributed by atoms with Crippen LogP contribution < -0.4 is 10.3 Å². The number of hydrazine groups is 1. The number of fused-ring (bicyclic) bond motifs is 2. The fraction of sp³-hybridized carbons (Fsp3) is 0.379. The lowest BCUT2D eigenvalue weighted by Gasteiger charge is -2.56. The van der Waals surface area contributed by atoms with Crippen LogP contribution in [0.5, 0.6) is 0 Å². The van der Waals surface area contributed by atoms with E-state index in [9.17, 15) is 19.1 Å². The van der Waals surface area contributed by atoms with Crippen LogP contribution in [-0.2, 0) is 9.59 Å². The Morgan fingerprint density at radius 3 is 2.42 bits per heavy atom. The zero-order chi connectivity index (χ0) is 25.2. The number of rotatable bonds is 5. The van der Waals surface area contributed by atoms with Gasteiger partial charge in [-0.2, -0.15) is 0 Å². The molecular weight excluding hydrogens is 457 g/mol. The smallest absolute Gasteiger partial charge is 0.254 e. The second kappa shape index (κ2) is 8.39. The van der Waals surface area contributed by atoms with E-state index >= 15 is 0 Å². The Morgan fingerprint density at radius 2 is 1.75 bits per heavy atom.